The topological polar surface area (TPSA) is 54.1 Å². The minimum absolute atomic E-state index is 0.213. The number of anilines is 6. The molecule has 0 aliphatic carbocycles. The van der Waals surface area contributed by atoms with E-state index in [0.717, 1.165) is 123 Å². The summed E-state index contributed by atoms with van der Waals surface area (Å²) in [7, 11) is 0. The number of hydrogen-bond acceptors (Lipinski definition) is 4. The zero-order valence-electron chi connectivity index (χ0n) is 63.4. The Kier molecular flexibility index (Phi) is 17.4. The Bertz CT molecular complexity index is 5230. The van der Waals surface area contributed by atoms with E-state index in [9.17, 15) is 10.5 Å². The second-order valence-corrected chi connectivity index (χ2v) is 34.0. The lowest BCUT2D eigenvalue weighted by atomic mass is 9.33. The van der Waals surface area contributed by atoms with Gasteiger partial charge in [0, 0.05) is 45.0 Å². The van der Waals surface area contributed by atoms with Gasteiger partial charge < -0.3 is 9.80 Å². The van der Waals surface area contributed by atoms with E-state index < -0.39 is 0 Å². The van der Waals surface area contributed by atoms with Gasteiger partial charge in [-0.2, -0.15) is 10.5 Å². The van der Waals surface area contributed by atoms with Crippen LogP contribution in [0.25, 0.3) is 89.0 Å². The van der Waals surface area contributed by atoms with Gasteiger partial charge in [0.05, 0.1) is 34.6 Å². The SMILES string of the molecule is CC(C)(C)c1cc(-c2cc(-c3ccccc3C#N)cc(-c3ccccc3)c2N2c3ccc(-c4ccccc4)cc3B3c4cc(-c5ccccc5)ccc4N(c4c(-c5ccccc5)cc(-c5ccccc5C#N)cc4-c4cc(C(C)(C)C)cc(C(C)(C)C)c4)c4cc(C(C)(C)C)cc2c43)cc(C(C)(C)C)c1. The lowest BCUT2D eigenvalue weighted by molar-refractivity contribution is 0.568. The lowest BCUT2D eigenvalue weighted by Crippen LogP contribution is -2.61. The van der Waals surface area contributed by atoms with Gasteiger partial charge in [-0.15, -0.1) is 0 Å². The van der Waals surface area contributed by atoms with Crippen LogP contribution in [0.15, 0.2) is 279 Å². The van der Waals surface area contributed by atoms with E-state index in [-0.39, 0.29) is 33.8 Å². The molecule has 2 heterocycles. The molecule has 2 aliphatic rings. The van der Waals surface area contributed by atoms with E-state index in [2.05, 4.69) is 381 Å². The molecule has 13 aromatic rings. The first kappa shape index (κ1) is 69.2. The fourth-order valence-electron chi connectivity index (χ4n) is 15.7. The van der Waals surface area contributed by atoms with Gasteiger partial charge in [-0.25, -0.2) is 0 Å². The molecule has 13 aromatic carbocycles. The Labute approximate surface area is 623 Å². The third kappa shape index (κ3) is 12.9. The average Bonchev–Trinajstić information content (AvgIpc) is 0.685. The second-order valence-electron chi connectivity index (χ2n) is 34.0. The van der Waals surface area contributed by atoms with E-state index in [1.807, 2.05) is 24.3 Å². The summed E-state index contributed by atoms with van der Waals surface area (Å²) in [6, 6.07) is 109. The van der Waals surface area contributed by atoms with Crippen LogP contribution in [0.5, 0.6) is 0 Å². The van der Waals surface area contributed by atoms with Crippen LogP contribution in [0, 0.1) is 22.7 Å². The van der Waals surface area contributed by atoms with E-state index in [4.69, 9.17) is 0 Å². The van der Waals surface area contributed by atoms with Gasteiger partial charge in [-0.3, -0.25) is 0 Å². The van der Waals surface area contributed by atoms with Crippen molar-refractivity contribution in [1.82, 2.24) is 0 Å². The molecule has 514 valence electrons. The van der Waals surface area contributed by atoms with Crippen molar-refractivity contribution < 1.29 is 0 Å². The number of benzene rings is 13. The summed E-state index contributed by atoms with van der Waals surface area (Å²) in [4.78, 5) is 5.33. The number of fused-ring (bicyclic) bond motifs is 4. The number of nitrogens with zero attached hydrogens (tertiary/aromatic N) is 4. The molecule has 4 nitrogen and oxygen atoms in total. The number of nitriles is 2. The van der Waals surface area contributed by atoms with Gasteiger partial charge in [-0.1, -0.05) is 322 Å². The van der Waals surface area contributed by atoms with Crippen molar-refractivity contribution in [2.75, 3.05) is 9.80 Å². The molecule has 0 radical (unpaired) electrons. The van der Waals surface area contributed by atoms with Crippen LogP contribution in [0.3, 0.4) is 0 Å². The number of rotatable bonds is 10. The summed E-state index contributed by atoms with van der Waals surface area (Å²) in [6.45, 7) is 34.7. The average molecular weight is 1360 g/mol. The van der Waals surface area contributed by atoms with Crippen LogP contribution in [0.2, 0.25) is 0 Å². The predicted octanol–water partition coefficient (Wildman–Crippen LogP) is 25.3. The minimum Gasteiger partial charge on any atom is -0.310 e. The van der Waals surface area contributed by atoms with Gasteiger partial charge in [0.1, 0.15) is 0 Å². The Hall–Kier alpha value is -11.5. The summed E-state index contributed by atoms with van der Waals surface area (Å²) in [5.41, 5.74) is 32.8. The predicted molar refractivity (Wildman–Crippen MR) is 447 cm³/mol. The molecule has 0 atom stereocenters. The van der Waals surface area contributed by atoms with Gasteiger partial charge in [0.25, 0.3) is 6.71 Å². The highest BCUT2D eigenvalue weighted by Crippen LogP contribution is 2.56. The van der Waals surface area contributed by atoms with Crippen molar-refractivity contribution in [3.8, 4) is 101 Å². The normalized spacial score (nSPS) is 12.8. The first-order valence-corrected chi connectivity index (χ1v) is 37.1. The van der Waals surface area contributed by atoms with Gasteiger partial charge in [0.15, 0.2) is 0 Å². The summed E-state index contributed by atoms with van der Waals surface area (Å²) < 4.78 is 0. The van der Waals surface area contributed by atoms with Gasteiger partial charge >= 0.3 is 0 Å². The highest BCUT2D eigenvalue weighted by molar-refractivity contribution is 7.00. The molecule has 0 bridgehead atoms. The first-order chi connectivity index (χ1) is 50.1. The summed E-state index contributed by atoms with van der Waals surface area (Å²) in [6.07, 6.45) is 0. The van der Waals surface area contributed by atoms with Crippen LogP contribution < -0.4 is 26.2 Å². The molecular formula is C100H91BN4. The minimum atomic E-state index is -0.384. The zero-order chi connectivity index (χ0) is 73.6. The highest BCUT2D eigenvalue weighted by Gasteiger charge is 2.47. The molecule has 0 spiro atoms. The Morgan fingerprint density at radius 2 is 0.514 bits per heavy atom. The molecular weight excluding hydrogens is 1270 g/mol. The van der Waals surface area contributed by atoms with Gasteiger partial charge in [-0.05, 0) is 199 Å². The van der Waals surface area contributed by atoms with Crippen LogP contribution in [-0.4, -0.2) is 6.71 Å². The molecule has 5 heteroatoms. The van der Waals surface area contributed by atoms with Crippen LogP contribution in [0.4, 0.5) is 34.1 Å². The maximum Gasteiger partial charge on any atom is 0.252 e. The molecule has 15 rings (SSSR count). The van der Waals surface area contributed by atoms with Crippen molar-refractivity contribution in [2.45, 2.75) is 131 Å². The summed E-state index contributed by atoms with van der Waals surface area (Å²) >= 11 is 0. The third-order valence-electron chi connectivity index (χ3n) is 21.7. The van der Waals surface area contributed by atoms with Crippen LogP contribution in [-0.2, 0) is 27.1 Å². The highest BCUT2D eigenvalue weighted by atomic mass is 15.2. The monoisotopic (exact) mass is 1360 g/mol. The molecule has 0 amide bonds. The lowest BCUT2D eigenvalue weighted by Gasteiger charge is -2.46. The van der Waals surface area contributed by atoms with E-state index in [0.29, 0.717) is 11.1 Å². The first-order valence-electron chi connectivity index (χ1n) is 37.1. The van der Waals surface area contributed by atoms with E-state index >= 15 is 0 Å². The largest absolute Gasteiger partial charge is 0.310 e. The van der Waals surface area contributed by atoms with Crippen molar-refractivity contribution in [3.63, 3.8) is 0 Å². The molecule has 0 saturated carbocycles. The maximum absolute atomic E-state index is 11.1. The van der Waals surface area contributed by atoms with Crippen LogP contribution >= 0.6 is 0 Å². The number of hydrogen-bond donors (Lipinski definition) is 0. The maximum atomic E-state index is 11.1. The summed E-state index contributed by atoms with van der Waals surface area (Å²) in [5, 5.41) is 22.2. The zero-order valence-corrected chi connectivity index (χ0v) is 63.4. The molecule has 105 heavy (non-hydrogen) atoms. The summed E-state index contributed by atoms with van der Waals surface area (Å²) in [5.74, 6) is 0. The Balaban J connectivity index is 1.18. The molecule has 0 aromatic heterocycles. The fourth-order valence-corrected chi connectivity index (χ4v) is 15.7. The third-order valence-corrected chi connectivity index (χ3v) is 21.7. The van der Waals surface area contributed by atoms with E-state index in [1.165, 1.54) is 44.2 Å². The van der Waals surface area contributed by atoms with Crippen molar-refractivity contribution >= 4 is 57.2 Å². The molecule has 0 saturated heterocycles. The Morgan fingerprint density at radius 1 is 0.238 bits per heavy atom. The van der Waals surface area contributed by atoms with Crippen molar-refractivity contribution in [2.24, 2.45) is 0 Å². The fraction of sp³-hybridized carbons (Fsp3) is 0.200. The van der Waals surface area contributed by atoms with Crippen molar-refractivity contribution in [1.29, 1.82) is 10.5 Å². The smallest absolute Gasteiger partial charge is 0.252 e. The quantitative estimate of drug-likeness (QED) is 0.128. The molecule has 0 N–H and O–H groups in total. The van der Waals surface area contributed by atoms with Crippen molar-refractivity contribution in [3.05, 3.63) is 318 Å². The molecule has 0 fully saturated rings. The van der Waals surface area contributed by atoms with E-state index in [1.54, 1.807) is 0 Å². The standard InChI is InChI=1S/C100H91BN4/c1-96(2,3)76-48-72(49-77(58-76)97(4,5)6)85-54-74(81-42-30-28-40-70(81)62-102)52-83(66-36-24-18-25-37-66)94(85)104-89-46-44-68(64-32-20-16-21-33-64)56-87(89)101-88-57-69(65-34-22-17-23-35-65)45-47-90(88)105(92-61-80(100(13,14)15)60-91(104)93(92)101)95-84(67-38-26-19-27-39-67)53-75(82-43-31-29-41-71(82)63-103)55-86(95)73-50-78(98(7,8)9)59-79(51-73)99(10,11)12/h16-61H,1-15H3. The second kappa shape index (κ2) is 26.3. The Morgan fingerprint density at radius 3 is 0.829 bits per heavy atom. The van der Waals surface area contributed by atoms with Gasteiger partial charge in [0.2, 0.25) is 0 Å². The van der Waals surface area contributed by atoms with Crippen LogP contribution in [0.1, 0.15) is 143 Å². The molecule has 0 unspecified atom stereocenters. The molecule has 2 aliphatic heterocycles.